The highest BCUT2D eigenvalue weighted by Crippen LogP contribution is 2.48. The van der Waals surface area contributed by atoms with Crippen LogP contribution in [-0.4, -0.2) is 12.1 Å². The van der Waals surface area contributed by atoms with Crippen LogP contribution in [0, 0.1) is 5.92 Å². The van der Waals surface area contributed by atoms with Gasteiger partial charge in [-0.1, -0.05) is 55.7 Å². The van der Waals surface area contributed by atoms with Crippen LogP contribution in [-0.2, 0) is 0 Å². The predicted molar refractivity (Wildman–Crippen MR) is 99.7 cm³/mol. The van der Waals surface area contributed by atoms with E-state index < -0.39 is 0 Å². The van der Waals surface area contributed by atoms with E-state index in [-0.39, 0.29) is 0 Å². The lowest BCUT2D eigenvalue weighted by molar-refractivity contribution is 0.212. The Balaban J connectivity index is 1.45. The highest BCUT2D eigenvalue weighted by atomic mass is 15.2. The van der Waals surface area contributed by atoms with Crippen molar-refractivity contribution in [3.05, 3.63) is 60.2 Å². The molecule has 1 saturated heterocycles. The predicted octanol–water partition coefficient (Wildman–Crippen LogP) is 5.19. The van der Waals surface area contributed by atoms with Gasteiger partial charge < -0.3 is 10.2 Å². The van der Waals surface area contributed by atoms with Gasteiger partial charge >= 0.3 is 0 Å². The maximum Gasteiger partial charge on any atom is 0.0554 e. The average Bonchev–Trinajstić information content (AvgIpc) is 2.93. The van der Waals surface area contributed by atoms with Crippen molar-refractivity contribution in [2.45, 2.75) is 56.7 Å². The Labute approximate surface area is 144 Å². The van der Waals surface area contributed by atoms with Crippen LogP contribution in [0.5, 0.6) is 0 Å². The molecule has 3 aliphatic rings. The van der Waals surface area contributed by atoms with E-state index >= 15 is 0 Å². The van der Waals surface area contributed by atoms with Gasteiger partial charge in [0.2, 0.25) is 0 Å². The van der Waals surface area contributed by atoms with E-state index in [0.29, 0.717) is 18.1 Å². The van der Waals surface area contributed by atoms with Gasteiger partial charge in [0.05, 0.1) is 12.1 Å². The normalized spacial score (nSPS) is 29.0. The molecule has 2 aliphatic heterocycles. The number of fused-ring (bicyclic) bond motifs is 3. The molecule has 0 bridgehead atoms. The molecule has 1 unspecified atom stereocenters. The highest BCUT2D eigenvalue weighted by molar-refractivity contribution is 5.72. The first-order valence-corrected chi connectivity index (χ1v) is 9.59. The van der Waals surface area contributed by atoms with Gasteiger partial charge in [-0.25, -0.2) is 0 Å². The largest absolute Gasteiger partial charge is 0.336 e. The molecule has 0 amide bonds. The number of piperidine rings is 1. The lowest BCUT2D eigenvalue weighted by Crippen LogP contribution is -2.47. The van der Waals surface area contributed by atoms with Crippen molar-refractivity contribution in [1.29, 1.82) is 0 Å². The van der Waals surface area contributed by atoms with Crippen molar-refractivity contribution in [3.8, 4) is 0 Å². The summed E-state index contributed by atoms with van der Waals surface area (Å²) in [5.74, 6) is 0.987. The number of benzene rings is 2. The second-order valence-corrected chi connectivity index (χ2v) is 7.78. The Morgan fingerprint density at radius 2 is 1.67 bits per heavy atom. The van der Waals surface area contributed by atoms with Crippen LogP contribution in [0.1, 0.15) is 50.1 Å². The number of anilines is 2. The van der Waals surface area contributed by atoms with Crippen LogP contribution in [0.25, 0.3) is 0 Å². The quantitative estimate of drug-likeness (QED) is 0.838. The Kier molecular flexibility index (Phi) is 3.59. The first kappa shape index (κ1) is 14.5. The van der Waals surface area contributed by atoms with Crippen molar-refractivity contribution in [2.24, 2.45) is 5.92 Å². The zero-order valence-electron chi connectivity index (χ0n) is 14.2. The number of nitrogens with zero attached hydrogens (tertiary/aromatic N) is 1. The van der Waals surface area contributed by atoms with Crippen LogP contribution in [0.2, 0.25) is 0 Å². The van der Waals surface area contributed by atoms with Crippen LogP contribution < -0.4 is 10.2 Å². The van der Waals surface area contributed by atoms with Gasteiger partial charge in [0.25, 0.3) is 0 Å². The summed E-state index contributed by atoms with van der Waals surface area (Å²) >= 11 is 0. The van der Waals surface area contributed by atoms with E-state index in [1.807, 2.05) is 0 Å². The zero-order chi connectivity index (χ0) is 15.9. The molecule has 3 atom stereocenters. The summed E-state index contributed by atoms with van der Waals surface area (Å²) < 4.78 is 0. The van der Waals surface area contributed by atoms with E-state index in [2.05, 4.69) is 64.8 Å². The molecule has 2 heteroatoms. The molecule has 0 spiro atoms. The lowest BCUT2D eigenvalue weighted by Gasteiger charge is -2.40. The number of para-hydroxylation sites is 2. The minimum Gasteiger partial charge on any atom is -0.336 e. The van der Waals surface area contributed by atoms with Gasteiger partial charge in [-0.05, 0) is 48.9 Å². The lowest BCUT2D eigenvalue weighted by atomic mass is 9.78. The third kappa shape index (κ3) is 2.36. The number of nitrogens with one attached hydrogen (secondary N) is 1. The molecule has 2 aromatic carbocycles. The van der Waals surface area contributed by atoms with Gasteiger partial charge in [-0.15, -0.1) is 0 Å². The summed E-state index contributed by atoms with van der Waals surface area (Å²) in [6, 6.07) is 21.7. The highest BCUT2D eigenvalue weighted by Gasteiger charge is 2.42. The Bertz CT molecular complexity index is 707. The fourth-order valence-electron chi connectivity index (χ4n) is 4.95. The first-order valence-electron chi connectivity index (χ1n) is 9.59. The number of hydrogen-bond acceptors (Lipinski definition) is 2. The molecule has 2 fully saturated rings. The third-order valence-electron chi connectivity index (χ3n) is 6.35. The Morgan fingerprint density at radius 1 is 0.875 bits per heavy atom. The maximum atomic E-state index is 4.03. The monoisotopic (exact) mass is 318 g/mol. The summed E-state index contributed by atoms with van der Waals surface area (Å²) in [5.41, 5.74) is 4.22. The molecule has 2 nitrogen and oxygen atoms in total. The standard InChI is InChI=1S/C22H26N2/c1-2-9-18(10-3-1)24-20-12-5-4-11-19(20)22-21(24)14-13-17(23-22)15-16-7-6-8-16/h1-5,9-12,16-17,21-23H,6-8,13-15H2/t17?,21-,22+/m1/s1. The van der Waals surface area contributed by atoms with Crippen molar-refractivity contribution in [1.82, 2.24) is 5.32 Å². The van der Waals surface area contributed by atoms with Crippen LogP contribution in [0.4, 0.5) is 11.4 Å². The second-order valence-electron chi connectivity index (χ2n) is 7.78. The van der Waals surface area contributed by atoms with E-state index in [9.17, 15) is 0 Å². The Hall–Kier alpha value is -1.80. The summed E-state index contributed by atoms with van der Waals surface area (Å²) in [7, 11) is 0. The van der Waals surface area contributed by atoms with Crippen LogP contribution in [0.15, 0.2) is 54.6 Å². The molecule has 124 valence electrons. The Morgan fingerprint density at radius 3 is 2.46 bits per heavy atom. The molecule has 1 N–H and O–H groups in total. The van der Waals surface area contributed by atoms with Crippen molar-refractivity contribution < 1.29 is 0 Å². The van der Waals surface area contributed by atoms with E-state index in [1.165, 1.54) is 55.5 Å². The minimum atomic E-state index is 0.486. The van der Waals surface area contributed by atoms with Gasteiger partial charge in [-0.3, -0.25) is 0 Å². The zero-order valence-corrected chi connectivity index (χ0v) is 14.2. The van der Waals surface area contributed by atoms with Gasteiger partial charge in [0, 0.05) is 17.4 Å². The van der Waals surface area contributed by atoms with E-state index in [0.717, 1.165) is 5.92 Å². The fraction of sp³-hybridized carbons (Fsp3) is 0.455. The maximum absolute atomic E-state index is 4.03. The van der Waals surface area contributed by atoms with E-state index in [1.54, 1.807) is 0 Å². The summed E-state index contributed by atoms with van der Waals surface area (Å²) in [6.07, 6.45) is 8.36. The average molecular weight is 318 g/mol. The molecule has 5 rings (SSSR count). The minimum absolute atomic E-state index is 0.486. The molecular formula is C22H26N2. The van der Waals surface area contributed by atoms with Gasteiger partial charge in [0.1, 0.15) is 0 Å². The molecule has 0 aromatic heterocycles. The number of rotatable bonds is 3. The van der Waals surface area contributed by atoms with Crippen molar-refractivity contribution in [3.63, 3.8) is 0 Å². The van der Waals surface area contributed by atoms with E-state index in [4.69, 9.17) is 0 Å². The summed E-state index contributed by atoms with van der Waals surface area (Å²) in [6.45, 7) is 0. The summed E-state index contributed by atoms with van der Waals surface area (Å²) in [5, 5.41) is 4.03. The molecule has 1 aliphatic carbocycles. The smallest absolute Gasteiger partial charge is 0.0554 e. The third-order valence-corrected chi connectivity index (χ3v) is 6.35. The molecular weight excluding hydrogens is 292 g/mol. The van der Waals surface area contributed by atoms with Crippen molar-refractivity contribution in [2.75, 3.05) is 4.90 Å². The molecule has 0 radical (unpaired) electrons. The number of hydrogen-bond donors (Lipinski definition) is 1. The van der Waals surface area contributed by atoms with Crippen LogP contribution in [0.3, 0.4) is 0 Å². The van der Waals surface area contributed by atoms with Crippen LogP contribution >= 0.6 is 0 Å². The second kappa shape index (κ2) is 5.93. The fourth-order valence-corrected chi connectivity index (χ4v) is 4.95. The topological polar surface area (TPSA) is 15.3 Å². The van der Waals surface area contributed by atoms with Crippen molar-refractivity contribution >= 4 is 11.4 Å². The SMILES string of the molecule is c1ccc(N2c3ccccc3[C@@H]3NC(CC4CCC4)CC[C@H]32)cc1. The molecule has 2 aromatic rings. The first-order chi connectivity index (χ1) is 11.9. The van der Waals surface area contributed by atoms with Gasteiger partial charge in [-0.2, -0.15) is 0 Å². The molecule has 24 heavy (non-hydrogen) atoms. The molecule has 1 saturated carbocycles. The molecule has 2 heterocycles. The van der Waals surface area contributed by atoms with Gasteiger partial charge in [0.15, 0.2) is 0 Å². The summed E-state index contributed by atoms with van der Waals surface area (Å²) in [4.78, 5) is 2.58.